The number of nitrogens with two attached hydrogens (primary N) is 1. The van der Waals surface area contributed by atoms with Crippen LogP contribution in [-0.4, -0.2) is 135 Å². The van der Waals surface area contributed by atoms with E-state index in [9.17, 15) is 45.6 Å². The molecule has 4 aliphatic heterocycles. The van der Waals surface area contributed by atoms with Crippen LogP contribution in [-0.2, 0) is 31.5 Å². The Morgan fingerprint density at radius 1 is 0.918 bits per heavy atom. The van der Waals surface area contributed by atoms with Crippen LogP contribution in [0.5, 0.6) is 5.75 Å². The summed E-state index contributed by atoms with van der Waals surface area (Å²) < 4.78 is 76.9. The van der Waals surface area contributed by atoms with Gasteiger partial charge in [0.2, 0.25) is 17.7 Å². The van der Waals surface area contributed by atoms with Crippen LogP contribution in [0.1, 0.15) is 71.0 Å². The average Bonchev–Trinajstić information content (AvgIpc) is 4.07. The fourth-order valence-electron chi connectivity index (χ4n) is 10.3. The van der Waals surface area contributed by atoms with Gasteiger partial charge in [0.05, 0.1) is 51.7 Å². The van der Waals surface area contributed by atoms with Crippen molar-refractivity contribution in [2.24, 2.45) is 7.05 Å². The van der Waals surface area contributed by atoms with Crippen molar-refractivity contribution in [2.75, 3.05) is 55.1 Å². The van der Waals surface area contributed by atoms with E-state index in [-0.39, 0.29) is 59.2 Å². The van der Waals surface area contributed by atoms with Crippen molar-refractivity contribution < 1.29 is 50.3 Å². The fraction of sp³-hybridized carbons (Fsp3) is 0.347. The molecular formula is C49H49F3N12O8S. The molecule has 0 aliphatic carbocycles. The smallest absolute Gasteiger partial charge is 0.355 e. The number of fused-ring (bicyclic) bond motifs is 2. The monoisotopic (exact) mass is 1020 g/mol. The van der Waals surface area contributed by atoms with Crippen molar-refractivity contribution in [1.29, 1.82) is 0 Å². The lowest BCUT2D eigenvalue weighted by atomic mass is 9.97. The first kappa shape index (κ1) is 48.8. The molecule has 3 fully saturated rings. The zero-order valence-electron chi connectivity index (χ0n) is 39.7. The first-order chi connectivity index (χ1) is 34.9. The van der Waals surface area contributed by atoms with Crippen LogP contribution < -0.4 is 25.4 Å². The predicted molar refractivity (Wildman–Crippen MR) is 260 cm³/mol. The second-order valence-corrected chi connectivity index (χ2v) is 20.2. The predicted octanol–water partition coefficient (Wildman–Crippen LogP) is 4.71. The Morgan fingerprint density at radius 3 is 2.38 bits per heavy atom. The molecule has 73 heavy (non-hydrogen) atoms. The van der Waals surface area contributed by atoms with Gasteiger partial charge in [-0.2, -0.15) is 19.0 Å². The third-order valence-corrected chi connectivity index (χ3v) is 15.0. The maximum absolute atomic E-state index is 14.1. The van der Waals surface area contributed by atoms with Gasteiger partial charge in [0.1, 0.15) is 35.2 Å². The number of pyridine rings is 1. The number of rotatable bonds is 12. The number of likely N-dealkylation sites (N-methyl/N-ethyl adjacent to an activating group) is 1. The molecule has 3 unspecified atom stereocenters. The van der Waals surface area contributed by atoms with Gasteiger partial charge in [0.25, 0.3) is 21.8 Å². The molecule has 0 radical (unpaired) electrons. The Kier molecular flexibility index (Phi) is 12.7. The molecule has 4 atom stereocenters. The van der Waals surface area contributed by atoms with Crippen molar-refractivity contribution in [2.45, 2.75) is 62.6 Å². The number of sulfonamides is 1. The number of carbonyl (C=O) groups excluding carboxylic acids is 5. The number of nitrogens with zero attached hydrogens (tertiary/aromatic N) is 9. The van der Waals surface area contributed by atoms with Gasteiger partial charge >= 0.3 is 5.76 Å². The van der Waals surface area contributed by atoms with Crippen LogP contribution in [0.3, 0.4) is 0 Å². The number of hydrogen-bond acceptors (Lipinski definition) is 14. The topological polar surface area (TPSA) is 240 Å². The van der Waals surface area contributed by atoms with Gasteiger partial charge in [0, 0.05) is 75.3 Å². The lowest BCUT2D eigenvalue weighted by Crippen LogP contribution is -2.56. The van der Waals surface area contributed by atoms with Crippen LogP contribution in [0.15, 0.2) is 79.3 Å². The molecule has 3 aromatic heterocycles. The highest BCUT2D eigenvalue weighted by atomic mass is 32.2. The minimum Gasteiger partial charge on any atom is -0.484 e. The van der Waals surface area contributed by atoms with E-state index in [4.69, 9.17) is 20.7 Å². The van der Waals surface area contributed by atoms with Gasteiger partial charge in [-0.15, -0.1) is 0 Å². The van der Waals surface area contributed by atoms with Crippen molar-refractivity contribution in [3.63, 3.8) is 0 Å². The van der Waals surface area contributed by atoms with E-state index in [1.807, 2.05) is 37.3 Å². The third kappa shape index (κ3) is 8.97. The summed E-state index contributed by atoms with van der Waals surface area (Å²) >= 11 is 0. The molecule has 24 heteroatoms. The molecular weight excluding hydrogens is 974 g/mol. The molecule has 0 bridgehead atoms. The summed E-state index contributed by atoms with van der Waals surface area (Å²) in [5, 5.41) is 12.2. The first-order valence-electron chi connectivity index (χ1n) is 23.5. The molecule has 10 rings (SSSR count). The zero-order chi connectivity index (χ0) is 51.6. The normalized spacial score (nSPS) is 20.2. The molecule has 4 N–H and O–H groups in total. The highest BCUT2D eigenvalue weighted by Gasteiger charge is 2.46. The van der Waals surface area contributed by atoms with E-state index in [2.05, 4.69) is 10.3 Å². The number of piperazine rings is 1. The summed E-state index contributed by atoms with van der Waals surface area (Å²) in [4.78, 5) is 77.0. The number of hydrogen-bond donors (Lipinski definition) is 3. The number of piperidine rings is 2. The van der Waals surface area contributed by atoms with Gasteiger partial charge in [-0.3, -0.25) is 53.2 Å². The summed E-state index contributed by atoms with van der Waals surface area (Å²) in [6.45, 7) is 3.76. The van der Waals surface area contributed by atoms with E-state index < -0.39 is 57.4 Å². The van der Waals surface area contributed by atoms with Crippen LogP contribution in [0.4, 0.5) is 30.4 Å². The van der Waals surface area contributed by atoms with Crippen LogP contribution in [0, 0.1) is 5.82 Å². The molecule has 4 aliphatic rings. The van der Waals surface area contributed by atoms with Crippen LogP contribution >= 0.6 is 0 Å². The number of ether oxygens (including phenoxy) is 1. The van der Waals surface area contributed by atoms with Gasteiger partial charge in [-0.1, -0.05) is 24.3 Å². The van der Waals surface area contributed by atoms with Gasteiger partial charge in [-0.25, -0.2) is 17.8 Å². The number of benzene rings is 3. The Labute approximate surface area is 415 Å². The summed E-state index contributed by atoms with van der Waals surface area (Å²) in [5.41, 5.74) is 10.5. The highest BCUT2D eigenvalue weighted by Crippen LogP contribution is 2.41. The van der Waals surface area contributed by atoms with E-state index in [0.29, 0.717) is 90.1 Å². The summed E-state index contributed by atoms with van der Waals surface area (Å²) in [5.74, 6) is -6.45. The average molecular weight is 1020 g/mol. The first-order valence-corrected chi connectivity index (χ1v) is 25.0. The number of alkyl halides is 2. The summed E-state index contributed by atoms with van der Waals surface area (Å²) in [7, 11) is -1.46. The van der Waals surface area contributed by atoms with Crippen molar-refractivity contribution >= 4 is 67.7 Å². The molecule has 3 saturated heterocycles. The molecule has 20 nitrogen and oxygen atoms in total. The molecule has 0 spiro atoms. The summed E-state index contributed by atoms with van der Waals surface area (Å²) in [6, 6.07) is 13.2. The minimum atomic E-state index is -5.09. The Hall–Kier alpha value is -7.86. The summed E-state index contributed by atoms with van der Waals surface area (Å²) in [6.07, 6.45) is 5.74. The second kappa shape index (κ2) is 19.0. The molecule has 5 amide bonds. The Bertz CT molecular complexity index is 3340. The zero-order valence-corrected chi connectivity index (χ0v) is 40.5. The van der Waals surface area contributed by atoms with Crippen molar-refractivity contribution in [3.05, 3.63) is 102 Å². The molecule has 3 aromatic carbocycles. The lowest BCUT2D eigenvalue weighted by molar-refractivity contribution is -0.138. The third-order valence-electron chi connectivity index (χ3n) is 14.0. The fourth-order valence-corrected chi connectivity index (χ4v) is 10.8. The maximum atomic E-state index is 14.1. The number of imide groups is 2. The number of aromatic nitrogens is 5. The number of carbonyl (C=O) groups is 5. The standard InChI is InChI=1S/C49H49F3N12O8S/c1-26(27-7-10-30(50)11-8-27)72-38-21-28(9-13-34(38)58-73(70,71)49(51)52)42-41-43(60(3)57-42)33(23-54-44(41)53)29-22-55-63(24-29)31-12-14-37(59(2)25-31)47(68)62-19-17-61(18-20-62)35-6-4-5-32-40(35)48(69)64(46(32)67)36-15-16-39(65)56-45(36)66/h4-11,13,21-24,26,31,36-37,49,58H,12,14-20,25H2,1-3H3,(H2,53,54)(H,56,65,66)/t26-,31?,36?,37?/m0/s1. The quantitative estimate of drug-likeness (QED) is 0.141. The second-order valence-electron chi connectivity index (χ2n) is 18.5. The Morgan fingerprint density at radius 2 is 1.67 bits per heavy atom. The lowest BCUT2D eigenvalue weighted by Gasteiger charge is -2.42. The highest BCUT2D eigenvalue weighted by molar-refractivity contribution is 7.93. The largest absolute Gasteiger partial charge is 0.484 e. The van der Waals surface area contributed by atoms with E-state index in [1.54, 1.807) is 49.2 Å². The van der Waals surface area contributed by atoms with E-state index in [1.165, 1.54) is 42.5 Å². The van der Waals surface area contributed by atoms with Gasteiger partial charge in [-0.05, 0) is 75.2 Å². The van der Waals surface area contributed by atoms with Crippen molar-refractivity contribution in [1.82, 2.24) is 44.6 Å². The number of nitrogen functional groups attached to an aromatic ring is 1. The van der Waals surface area contributed by atoms with Crippen LogP contribution in [0.25, 0.3) is 33.3 Å². The van der Waals surface area contributed by atoms with Crippen molar-refractivity contribution in [3.8, 4) is 28.1 Å². The SMILES string of the molecule is C[C@H](Oc1cc(-c2nn(C)c3c(-c4cnn(C5CCC(C(=O)N6CCN(c7cccc8c7C(=O)N(C7CCC(=O)NC7=O)C8=O)CC6)N(C)C5)c4)cnc(N)c23)ccc1NS(=O)(=O)C(F)F)c1ccc(F)cc1. The van der Waals surface area contributed by atoms with E-state index in [0.717, 1.165) is 4.90 Å². The Balaban J connectivity index is 0.823. The number of aryl methyl sites for hydroxylation is 1. The van der Waals surface area contributed by atoms with E-state index >= 15 is 0 Å². The number of likely N-dealkylation sites (tertiary alicyclic amines) is 1. The van der Waals surface area contributed by atoms with Gasteiger partial charge < -0.3 is 20.3 Å². The molecule has 7 heterocycles. The maximum Gasteiger partial charge on any atom is 0.355 e. The molecule has 6 aromatic rings. The van der Waals surface area contributed by atoms with Gasteiger partial charge in [0.15, 0.2) is 0 Å². The number of halogens is 3. The van der Waals surface area contributed by atoms with Crippen LogP contribution in [0.2, 0.25) is 0 Å². The minimum absolute atomic E-state index is 0.0112. The molecule has 380 valence electrons. The molecule has 0 saturated carbocycles. The number of nitrogens with one attached hydrogen (secondary N) is 2. The number of anilines is 3. The number of amides is 5.